The van der Waals surface area contributed by atoms with E-state index in [1.165, 1.54) is 0 Å². The summed E-state index contributed by atoms with van der Waals surface area (Å²) in [6.07, 6.45) is -0.766. The number of halogens is 1. The SMILES string of the molecule is CCNC(=NCC(O)c1ccc(OC)c(OC)c1)N(C)Cc1cc2ccccc2o1.I. The third-order valence-electron chi connectivity index (χ3n) is 4.77. The van der Waals surface area contributed by atoms with Gasteiger partial charge in [0.25, 0.3) is 0 Å². The number of fused-ring (bicyclic) bond motifs is 1. The molecular formula is C23H30IN3O4. The van der Waals surface area contributed by atoms with Crippen molar-refractivity contribution >= 4 is 40.9 Å². The number of guanidine groups is 1. The molecule has 1 atom stereocenters. The van der Waals surface area contributed by atoms with Crippen molar-refractivity contribution < 1.29 is 19.0 Å². The Kier molecular flexibility index (Phi) is 9.44. The predicted octanol–water partition coefficient (Wildman–Crippen LogP) is 4.20. The Bertz CT molecular complexity index is 972. The van der Waals surface area contributed by atoms with Crippen LogP contribution in [0.3, 0.4) is 0 Å². The first-order valence-corrected chi connectivity index (χ1v) is 9.92. The first-order valence-electron chi connectivity index (χ1n) is 9.92. The van der Waals surface area contributed by atoms with E-state index in [2.05, 4.69) is 10.3 Å². The number of benzene rings is 2. The average molecular weight is 539 g/mol. The summed E-state index contributed by atoms with van der Waals surface area (Å²) in [4.78, 5) is 6.58. The summed E-state index contributed by atoms with van der Waals surface area (Å²) in [5, 5.41) is 15.0. The number of ether oxygens (including phenoxy) is 2. The van der Waals surface area contributed by atoms with Gasteiger partial charge < -0.3 is 29.2 Å². The van der Waals surface area contributed by atoms with E-state index in [4.69, 9.17) is 13.9 Å². The van der Waals surface area contributed by atoms with Crippen molar-refractivity contribution in [3.63, 3.8) is 0 Å². The summed E-state index contributed by atoms with van der Waals surface area (Å²) in [7, 11) is 5.10. The van der Waals surface area contributed by atoms with Crippen molar-refractivity contribution in [2.24, 2.45) is 4.99 Å². The third kappa shape index (κ3) is 6.27. The maximum Gasteiger partial charge on any atom is 0.194 e. The molecule has 0 aliphatic heterocycles. The van der Waals surface area contributed by atoms with Gasteiger partial charge in [-0.25, -0.2) is 0 Å². The fourth-order valence-electron chi connectivity index (χ4n) is 3.23. The molecular weight excluding hydrogens is 509 g/mol. The number of para-hydroxylation sites is 1. The van der Waals surface area contributed by atoms with E-state index < -0.39 is 6.10 Å². The summed E-state index contributed by atoms with van der Waals surface area (Å²) >= 11 is 0. The van der Waals surface area contributed by atoms with Crippen LogP contribution in [0, 0.1) is 0 Å². The van der Waals surface area contributed by atoms with Crippen LogP contribution in [0.1, 0.15) is 24.4 Å². The first kappa shape index (κ1) is 24.8. The first-order chi connectivity index (χ1) is 14.5. The molecule has 7 nitrogen and oxygen atoms in total. The third-order valence-corrected chi connectivity index (χ3v) is 4.77. The van der Waals surface area contributed by atoms with E-state index in [1.54, 1.807) is 26.4 Å². The average Bonchev–Trinajstić information content (AvgIpc) is 3.17. The van der Waals surface area contributed by atoms with Crippen molar-refractivity contribution in [2.45, 2.75) is 19.6 Å². The number of methoxy groups -OCH3 is 2. The molecule has 2 aromatic carbocycles. The zero-order chi connectivity index (χ0) is 21.5. The fourth-order valence-corrected chi connectivity index (χ4v) is 3.23. The van der Waals surface area contributed by atoms with Gasteiger partial charge in [-0.2, -0.15) is 0 Å². The maximum absolute atomic E-state index is 10.6. The van der Waals surface area contributed by atoms with Crippen LogP contribution >= 0.6 is 24.0 Å². The summed E-state index contributed by atoms with van der Waals surface area (Å²) in [6.45, 7) is 3.50. The molecule has 0 aliphatic carbocycles. The van der Waals surface area contributed by atoms with Crippen LogP contribution in [-0.2, 0) is 6.54 Å². The Morgan fingerprint density at radius 1 is 1.13 bits per heavy atom. The Hall–Kier alpha value is -2.46. The largest absolute Gasteiger partial charge is 0.493 e. The zero-order valence-corrected chi connectivity index (χ0v) is 20.6. The van der Waals surface area contributed by atoms with E-state index in [1.807, 2.05) is 55.3 Å². The van der Waals surface area contributed by atoms with Crippen LogP contribution in [0.2, 0.25) is 0 Å². The predicted molar refractivity (Wildman–Crippen MR) is 134 cm³/mol. The number of rotatable bonds is 8. The maximum atomic E-state index is 10.6. The molecule has 1 aromatic heterocycles. The number of nitrogens with one attached hydrogen (secondary N) is 1. The van der Waals surface area contributed by atoms with Gasteiger partial charge in [0.1, 0.15) is 11.3 Å². The van der Waals surface area contributed by atoms with Crippen molar-refractivity contribution in [2.75, 3.05) is 34.4 Å². The standard InChI is InChI=1S/C23H29N3O4.HI/c1-5-24-23(26(2)15-18-12-17-8-6-7-9-20(17)30-18)25-14-19(27)16-10-11-21(28-3)22(13-16)29-4;/h6-13,19,27H,5,14-15H2,1-4H3,(H,24,25);1H. The molecule has 0 aliphatic rings. The van der Waals surface area contributed by atoms with Gasteiger partial charge >= 0.3 is 0 Å². The van der Waals surface area contributed by atoms with E-state index >= 15 is 0 Å². The van der Waals surface area contributed by atoms with Gasteiger partial charge in [0, 0.05) is 19.0 Å². The molecule has 0 spiro atoms. The lowest BCUT2D eigenvalue weighted by Crippen LogP contribution is -2.38. The minimum absolute atomic E-state index is 0. The lowest BCUT2D eigenvalue weighted by molar-refractivity contribution is 0.186. The van der Waals surface area contributed by atoms with Crippen LogP contribution in [0.4, 0.5) is 0 Å². The zero-order valence-electron chi connectivity index (χ0n) is 18.3. The molecule has 0 saturated heterocycles. The molecule has 2 N–H and O–H groups in total. The molecule has 3 aromatic rings. The minimum Gasteiger partial charge on any atom is -0.493 e. The Morgan fingerprint density at radius 2 is 1.87 bits per heavy atom. The molecule has 0 saturated carbocycles. The highest BCUT2D eigenvalue weighted by Crippen LogP contribution is 2.30. The smallest absolute Gasteiger partial charge is 0.194 e. The molecule has 1 heterocycles. The number of aliphatic imine (C=N–C) groups is 1. The second kappa shape index (κ2) is 11.8. The lowest BCUT2D eigenvalue weighted by atomic mass is 10.1. The lowest BCUT2D eigenvalue weighted by Gasteiger charge is -2.21. The van der Waals surface area contributed by atoms with Gasteiger partial charge in [0.15, 0.2) is 17.5 Å². The van der Waals surface area contributed by atoms with Crippen LogP contribution in [0.25, 0.3) is 11.0 Å². The Labute approximate surface area is 200 Å². The summed E-state index contributed by atoms with van der Waals surface area (Å²) in [5.74, 6) is 2.74. The van der Waals surface area contributed by atoms with Gasteiger partial charge in [-0.1, -0.05) is 24.3 Å². The van der Waals surface area contributed by atoms with E-state index in [-0.39, 0.29) is 30.5 Å². The molecule has 3 rings (SSSR count). The molecule has 0 bridgehead atoms. The van der Waals surface area contributed by atoms with Crippen LogP contribution in [-0.4, -0.2) is 50.3 Å². The number of hydrogen-bond donors (Lipinski definition) is 2. The second-order valence-electron chi connectivity index (χ2n) is 6.93. The summed E-state index contributed by atoms with van der Waals surface area (Å²) in [5.41, 5.74) is 1.58. The van der Waals surface area contributed by atoms with Gasteiger partial charge in [-0.15, -0.1) is 24.0 Å². The molecule has 0 radical (unpaired) electrons. The number of furan rings is 1. The van der Waals surface area contributed by atoms with Crippen LogP contribution in [0.15, 0.2) is 57.9 Å². The normalized spacial score (nSPS) is 12.2. The molecule has 0 amide bonds. The van der Waals surface area contributed by atoms with E-state index in [9.17, 15) is 5.11 Å². The van der Waals surface area contributed by atoms with Gasteiger partial charge in [0.2, 0.25) is 0 Å². The topological polar surface area (TPSA) is 79.5 Å². The van der Waals surface area contributed by atoms with Crippen LogP contribution in [0.5, 0.6) is 11.5 Å². The second-order valence-corrected chi connectivity index (χ2v) is 6.93. The van der Waals surface area contributed by atoms with Crippen molar-refractivity contribution in [3.8, 4) is 11.5 Å². The number of nitrogens with zero attached hydrogens (tertiary/aromatic N) is 2. The summed E-state index contributed by atoms with van der Waals surface area (Å²) in [6, 6.07) is 15.3. The Balaban J connectivity index is 0.00000341. The van der Waals surface area contributed by atoms with Crippen molar-refractivity contribution in [1.29, 1.82) is 0 Å². The highest BCUT2D eigenvalue weighted by Gasteiger charge is 2.14. The van der Waals surface area contributed by atoms with Gasteiger partial charge in [-0.05, 0) is 36.8 Å². The molecule has 1 unspecified atom stereocenters. The fraction of sp³-hybridized carbons (Fsp3) is 0.348. The highest BCUT2D eigenvalue weighted by molar-refractivity contribution is 14.0. The van der Waals surface area contributed by atoms with Crippen molar-refractivity contribution in [3.05, 3.63) is 59.9 Å². The van der Waals surface area contributed by atoms with Gasteiger partial charge in [0.05, 0.1) is 33.4 Å². The van der Waals surface area contributed by atoms with Crippen molar-refractivity contribution in [1.82, 2.24) is 10.2 Å². The minimum atomic E-state index is -0.766. The molecule has 168 valence electrons. The molecule has 0 fully saturated rings. The van der Waals surface area contributed by atoms with Gasteiger partial charge in [-0.3, -0.25) is 4.99 Å². The van der Waals surface area contributed by atoms with E-state index in [0.717, 1.165) is 23.3 Å². The number of aliphatic hydroxyl groups excluding tert-OH is 1. The molecule has 31 heavy (non-hydrogen) atoms. The highest BCUT2D eigenvalue weighted by atomic mass is 127. The van der Waals surface area contributed by atoms with Crippen LogP contribution < -0.4 is 14.8 Å². The number of hydrogen-bond acceptors (Lipinski definition) is 5. The summed E-state index contributed by atoms with van der Waals surface area (Å²) < 4.78 is 16.5. The molecule has 8 heteroatoms. The Morgan fingerprint density at radius 3 is 2.55 bits per heavy atom. The number of aliphatic hydroxyl groups is 1. The van der Waals surface area contributed by atoms with E-state index in [0.29, 0.717) is 29.6 Å². The quantitative estimate of drug-likeness (QED) is 0.254. The monoisotopic (exact) mass is 539 g/mol.